The van der Waals surface area contributed by atoms with Crippen molar-refractivity contribution in [1.82, 2.24) is 15.1 Å². The van der Waals surface area contributed by atoms with E-state index in [0.717, 1.165) is 56.8 Å². The van der Waals surface area contributed by atoms with Gasteiger partial charge < -0.3 is 9.64 Å². The smallest absolute Gasteiger partial charge is 0.257 e. The van der Waals surface area contributed by atoms with Crippen molar-refractivity contribution in [2.24, 2.45) is 0 Å². The average molecular weight is 339 g/mol. The fourth-order valence-corrected chi connectivity index (χ4v) is 4.08. The molecule has 0 bridgehead atoms. The summed E-state index contributed by atoms with van der Waals surface area (Å²) in [4.78, 5) is 15.0. The minimum absolute atomic E-state index is 0.116. The van der Waals surface area contributed by atoms with Crippen LogP contribution in [0.5, 0.6) is 0 Å². The summed E-state index contributed by atoms with van der Waals surface area (Å²) >= 11 is 0. The van der Waals surface area contributed by atoms with Gasteiger partial charge in [-0.2, -0.15) is 5.10 Å². The number of aryl methyl sites for hydroxylation is 1. The first kappa shape index (κ1) is 16.3. The van der Waals surface area contributed by atoms with Crippen molar-refractivity contribution < 1.29 is 9.53 Å². The van der Waals surface area contributed by atoms with Crippen LogP contribution >= 0.6 is 0 Å². The largest absolute Gasteiger partial charge is 0.381 e. The van der Waals surface area contributed by atoms with E-state index in [1.54, 1.807) is 6.20 Å². The van der Waals surface area contributed by atoms with E-state index in [0.29, 0.717) is 11.8 Å². The van der Waals surface area contributed by atoms with Crippen molar-refractivity contribution in [3.8, 4) is 0 Å². The highest BCUT2D eigenvalue weighted by molar-refractivity contribution is 5.95. The summed E-state index contributed by atoms with van der Waals surface area (Å²) < 4.78 is 5.44. The molecular weight excluding hydrogens is 314 g/mol. The molecule has 1 amide bonds. The van der Waals surface area contributed by atoms with E-state index < -0.39 is 0 Å². The van der Waals surface area contributed by atoms with Crippen molar-refractivity contribution >= 4 is 5.91 Å². The van der Waals surface area contributed by atoms with Gasteiger partial charge in [-0.15, -0.1) is 0 Å². The topological polar surface area (TPSA) is 58.2 Å². The van der Waals surface area contributed by atoms with Crippen LogP contribution in [0.15, 0.2) is 30.5 Å². The SMILES string of the molecule is Cc1cccc(C2CCN(C(=O)c3cn[nH]c3C3CCOCC3)C2)c1. The number of carbonyl (C=O) groups is 1. The van der Waals surface area contributed by atoms with E-state index in [1.165, 1.54) is 11.1 Å². The molecule has 132 valence electrons. The zero-order chi connectivity index (χ0) is 17.2. The Hall–Kier alpha value is -2.14. The molecule has 2 saturated heterocycles. The molecular formula is C20H25N3O2. The molecule has 2 aliphatic heterocycles. The Kier molecular flexibility index (Phi) is 4.57. The highest BCUT2D eigenvalue weighted by Gasteiger charge is 2.31. The van der Waals surface area contributed by atoms with Crippen molar-refractivity contribution in [3.05, 3.63) is 52.8 Å². The number of hydrogen-bond donors (Lipinski definition) is 1. The van der Waals surface area contributed by atoms with Gasteiger partial charge in [-0.3, -0.25) is 9.89 Å². The molecule has 2 fully saturated rings. The number of aromatic amines is 1. The van der Waals surface area contributed by atoms with Crippen LogP contribution in [0.3, 0.4) is 0 Å². The molecule has 0 radical (unpaired) electrons. The minimum Gasteiger partial charge on any atom is -0.381 e. The third-order valence-corrected chi connectivity index (χ3v) is 5.52. The Morgan fingerprint density at radius 1 is 1.24 bits per heavy atom. The third-order valence-electron chi connectivity index (χ3n) is 5.52. The number of nitrogens with zero attached hydrogens (tertiary/aromatic N) is 2. The van der Waals surface area contributed by atoms with Crippen LogP contribution in [-0.4, -0.2) is 47.3 Å². The molecule has 3 heterocycles. The zero-order valence-electron chi connectivity index (χ0n) is 14.7. The molecule has 0 saturated carbocycles. The highest BCUT2D eigenvalue weighted by atomic mass is 16.5. The second-order valence-corrected chi connectivity index (χ2v) is 7.23. The Morgan fingerprint density at radius 2 is 2.08 bits per heavy atom. The van der Waals surface area contributed by atoms with Crippen molar-refractivity contribution in [1.29, 1.82) is 0 Å². The van der Waals surface area contributed by atoms with Crippen LogP contribution in [0.4, 0.5) is 0 Å². The third kappa shape index (κ3) is 3.33. The van der Waals surface area contributed by atoms with Crippen LogP contribution in [0.25, 0.3) is 0 Å². The van der Waals surface area contributed by atoms with Gasteiger partial charge in [-0.25, -0.2) is 0 Å². The number of ether oxygens (including phenoxy) is 1. The quantitative estimate of drug-likeness (QED) is 0.934. The number of H-pyrrole nitrogens is 1. The first-order valence-corrected chi connectivity index (χ1v) is 9.19. The van der Waals surface area contributed by atoms with Crippen LogP contribution in [0, 0.1) is 6.92 Å². The molecule has 1 atom stereocenters. The molecule has 1 aromatic heterocycles. The summed E-state index contributed by atoms with van der Waals surface area (Å²) in [6.45, 7) is 5.25. The van der Waals surface area contributed by atoms with E-state index in [9.17, 15) is 4.79 Å². The number of rotatable bonds is 3. The normalized spacial score (nSPS) is 21.6. The van der Waals surface area contributed by atoms with Gasteiger partial charge in [0.1, 0.15) is 0 Å². The lowest BCUT2D eigenvalue weighted by atomic mass is 9.93. The van der Waals surface area contributed by atoms with Crippen molar-refractivity contribution in [2.75, 3.05) is 26.3 Å². The summed E-state index contributed by atoms with van der Waals surface area (Å²) in [5.74, 6) is 0.901. The maximum atomic E-state index is 13.1. The van der Waals surface area contributed by atoms with E-state index in [2.05, 4.69) is 41.4 Å². The molecule has 5 heteroatoms. The zero-order valence-corrected chi connectivity index (χ0v) is 14.7. The van der Waals surface area contributed by atoms with Gasteiger partial charge in [0.2, 0.25) is 0 Å². The van der Waals surface area contributed by atoms with Gasteiger partial charge >= 0.3 is 0 Å². The fraction of sp³-hybridized carbons (Fsp3) is 0.500. The van der Waals surface area contributed by atoms with Crippen LogP contribution < -0.4 is 0 Å². The summed E-state index contributed by atoms with van der Waals surface area (Å²) in [7, 11) is 0. The molecule has 0 spiro atoms. The second-order valence-electron chi connectivity index (χ2n) is 7.23. The molecule has 5 nitrogen and oxygen atoms in total. The van der Waals surface area contributed by atoms with Gasteiger partial charge in [0.05, 0.1) is 17.5 Å². The van der Waals surface area contributed by atoms with Gasteiger partial charge in [0.15, 0.2) is 0 Å². The maximum absolute atomic E-state index is 13.1. The van der Waals surface area contributed by atoms with Crippen LogP contribution in [0.1, 0.15) is 58.3 Å². The fourth-order valence-electron chi connectivity index (χ4n) is 4.08. The van der Waals surface area contributed by atoms with Crippen LogP contribution in [-0.2, 0) is 4.74 Å². The van der Waals surface area contributed by atoms with Gasteiger partial charge in [0, 0.05) is 38.1 Å². The lowest BCUT2D eigenvalue weighted by Crippen LogP contribution is -2.29. The molecule has 1 unspecified atom stereocenters. The van der Waals surface area contributed by atoms with Crippen LogP contribution in [0.2, 0.25) is 0 Å². The monoisotopic (exact) mass is 339 g/mol. The average Bonchev–Trinajstić information content (AvgIpc) is 3.32. The Balaban J connectivity index is 1.48. The highest BCUT2D eigenvalue weighted by Crippen LogP contribution is 2.32. The van der Waals surface area contributed by atoms with E-state index in [1.807, 2.05) is 4.90 Å². The number of carbonyl (C=O) groups excluding carboxylic acids is 1. The minimum atomic E-state index is 0.116. The van der Waals surface area contributed by atoms with Gasteiger partial charge in [-0.05, 0) is 31.7 Å². The number of amides is 1. The van der Waals surface area contributed by atoms with E-state index >= 15 is 0 Å². The molecule has 1 aromatic carbocycles. The Bertz CT molecular complexity index is 749. The summed E-state index contributed by atoms with van der Waals surface area (Å²) in [5, 5.41) is 7.24. The molecule has 0 aliphatic carbocycles. The lowest BCUT2D eigenvalue weighted by Gasteiger charge is -2.23. The standard InChI is InChI=1S/C20H25N3O2/c1-14-3-2-4-16(11-14)17-5-8-23(13-17)20(24)18-12-21-22-19(18)15-6-9-25-10-7-15/h2-4,11-12,15,17H,5-10,13H2,1H3,(H,21,22). The molecule has 25 heavy (non-hydrogen) atoms. The second kappa shape index (κ2) is 7.00. The number of nitrogens with one attached hydrogen (secondary N) is 1. The number of benzene rings is 1. The molecule has 4 rings (SSSR count). The Morgan fingerprint density at radius 3 is 2.88 bits per heavy atom. The first-order valence-electron chi connectivity index (χ1n) is 9.19. The number of aromatic nitrogens is 2. The van der Waals surface area contributed by atoms with Crippen molar-refractivity contribution in [3.63, 3.8) is 0 Å². The predicted molar refractivity (Wildman–Crippen MR) is 95.8 cm³/mol. The summed E-state index contributed by atoms with van der Waals surface area (Å²) in [5.41, 5.74) is 4.36. The lowest BCUT2D eigenvalue weighted by molar-refractivity contribution is 0.0769. The number of hydrogen-bond acceptors (Lipinski definition) is 3. The number of likely N-dealkylation sites (tertiary alicyclic amines) is 1. The maximum Gasteiger partial charge on any atom is 0.257 e. The van der Waals surface area contributed by atoms with Gasteiger partial charge in [0.25, 0.3) is 5.91 Å². The Labute approximate surface area is 148 Å². The molecule has 2 aliphatic rings. The van der Waals surface area contributed by atoms with E-state index in [4.69, 9.17) is 4.74 Å². The molecule has 2 aromatic rings. The van der Waals surface area contributed by atoms with Crippen molar-refractivity contribution in [2.45, 2.75) is 38.0 Å². The summed E-state index contributed by atoms with van der Waals surface area (Å²) in [6.07, 6.45) is 4.63. The van der Waals surface area contributed by atoms with E-state index in [-0.39, 0.29) is 5.91 Å². The summed E-state index contributed by atoms with van der Waals surface area (Å²) in [6, 6.07) is 8.64. The first-order chi connectivity index (χ1) is 12.2. The molecule has 1 N–H and O–H groups in total. The predicted octanol–water partition coefficient (Wildman–Crippen LogP) is 3.24. The van der Waals surface area contributed by atoms with Gasteiger partial charge in [-0.1, -0.05) is 29.8 Å².